The summed E-state index contributed by atoms with van der Waals surface area (Å²) in [6, 6.07) is 6.73. The van der Waals surface area contributed by atoms with Crippen molar-refractivity contribution in [2.75, 3.05) is 25.1 Å². The number of fused-ring (bicyclic) bond motifs is 1. The van der Waals surface area contributed by atoms with Crippen LogP contribution in [0.15, 0.2) is 18.2 Å². The Morgan fingerprint density at radius 2 is 2.33 bits per heavy atom. The van der Waals surface area contributed by atoms with Gasteiger partial charge < -0.3 is 15.0 Å². The second kappa shape index (κ2) is 6.16. The third-order valence-corrected chi connectivity index (χ3v) is 4.56. The number of amides is 1. The van der Waals surface area contributed by atoms with Gasteiger partial charge in [-0.2, -0.15) is 0 Å². The van der Waals surface area contributed by atoms with Crippen LogP contribution < -0.4 is 10.2 Å². The Morgan fingerprint density at radius 1 is 1.48 bits per heavy atom. The fourth-order valence-electron chi connectivity index (χ4n) is 3.38. The molecule has 1 amide bonds. The molecule has 4 nitrogen and oxygen atoms in total. The van der Waals surface area contributed by atoms with Gasteiger partial charge in [-0.15, -0.1) is 0 Å². The molecule has 0 radical (unpaired) electrons. The number of anilines is 1. The molecule has 0 aromatic heterocycles. The maximum Gasteiger partial charge on any atom is 0.231 e. The summed E-state index contributed by atoms with van der Waals surface area (Å²) in [5.41, 5.74) is 3.47. The highest BCUT2D eigenvalue weighted by Gasteiger charge is 2.26. The second-order valence-electron chi connectivity index (χ2n) is 6.00. The van der Waals surface area contributed by atoms with Gasteiger partial charge in [0.25, 0.3) is 0 Å². The minimum absolute atomic E-state index is 0.182. The summed E-state index contributed by atoms with van der Waals surface area (Å²) in [7, 11) is 1.85. The van der Waals surface area contributed by atoms with E-state index >= 15 is 0 Å². The summed E-state index contributed by atoms with van der Waals surface area (Å²) in [5, 5.41) is 3.56. The second-order valence-corrected chi connectivity index (χ2v) is 6.00. The van der Waals surface area contributed by atoms with E-state index in [9.17, 15) is 4.79 Å². The molecule has 1 N–H and O–H groups in total. The molecule has 1 aromatic rings. The average molecular weight is 288 g/mol. The summed E-state index contributed by atoms with van der Waals surface area (Å²) in [5.74, 6) is 0.182. The number of benzene rings is 1. The normalized spacial score (nSPS) is 22.7. The predicted molar refractivity (Wildman–Crippen MR) is 83.6 cm³/mol. The molecule has 2 heterocycles. The monoisotopic (exact) mass is 288 g/mol. The van der Waals surface area contributed by atoms with E-state index in [2.05, 4.69) is 30.4 Å². The van der Waals surface area contributed by atoms with Crippen molar-refractivity contribution in [3.8, 4) is 0 Å². The first-order chi connectivity index (χ1) is 10.2. The molecule has 4 heteroatoms. The van der Waals surface area contributed by atoms with Gasteiger partial charge in [0, 0.05) is 25.4 Å². The van der Waals surface area contributed by atoms with Gasteiger partial charge in [0.1, 0.15) is 0 Å². The van der Waals surface area contributed by atoms with Crippen LogP contribution in [-0.2, 0) is 16.0 Å². The molecule has 1 aromatic carbocycles. The van der Waals surface area contributed by atoms with Gasteiger partial charge in [-0.1, -0.05) is 19.1 Å². The van der Waals surface area contributed by atoms with Gasteiger partial charge in [-0.05, 0) is 43.0 Å². The molecule has 21 heavy (non-hydrogen) atoms. The van der Waals surface area contributed by atoms with Gasteiger partial charge in [-0.3, -0.25) is 4.79 Å². The van der Waals surface area contributed by atoms with Crippen LogP contribution in [-0.4, -0.2) is 32.2 Å². The molecule has 0 spiro atoms. The Balaban J connectivity index is 1.79. The molecule has 0 saturated carbocycles. The lowest BCUT2D eigenvalue weighted by Crippen LogP contribution is -2.25. The summed E-state index contributed by atoms with van der Waals surface area (Å²) in [6.45, 7) is 3.97. The number of ether oxygens (including phenoxy) is 1. The number of nitrogens with one attached hydrogen (secondary N) is 1. The van der Waals surface area contributed by atoms with Crippen molar-refractivity contribution < 1.29 is 9.53 Å². The van der Waals surface area contributed by atoms with E-state index in [4.69, 9.17) is 4.74 Å². The fraction of sp³-hybridized carbons (Fsp3) is 0.588. The predicted octanol–water partition coefficient (Wildman–Crippen LogP) is 2.43. The van der Waals surface area contributed by atoms with Crippen molar-refractivity contribution in [2.45, 2.75) is 44.8 Å². The number of carbonyl (C=O) groups is 1. The first-order valence-electron chi connectivity index (χ1n) is 7.93. The minimum Gasteiger partial charge on any atom is -0.378 e. The zero-order valence-corrected chi connectivity index (χ0v) is 12.9. The standard InChI is InChI=1S/C17H24N2O2/c1-3-18-15(11-14-5-4-8-21-14)12-6-7-16-13(9-12)10-17(20)19(16)2/h6-7,9,14-15,18H,3-5,8,10-11H2,1-2H3. The topological polar surface area (TPSA) is 41.6 Å². The maximum atomic E-state index is 11.8. The Labute approximate surface area is 126 Å². The number of hydrogen-bond acceptors (Lipinski definition) is 3. The Bertz CT molecular complexity index is 524. The average Bonchev–Trinajstić information content (AvgIpc) is 3.07. The number of rotatable bonds is 5. The molecule has 2 aliphatic heterocycles. The molecule has 1 saturated heterocycles. The third-order valence-electron chi connectivity index (χ3n) is 4.56. The molecule has 1 fully saturated rings. The Morgan fingerprint density at radius 3 is 3.05 bits per heavy atom. The number of carbonyl (C=O) groups excluding carboxylic acids is 1. The lowest BCUT2D eigenvalue weighted by Gasteiger charge is -2.22. The van der Waals surface area contributed by atoms with Crippen LogP contribution in [0.3, 0.4) is 0 Å². The van der Waals surface area contributed by atoms with E-state index in [1.54, 1.807) is 4.90 Å². The molecule has 2 atom stereocenters. The number of hydrogen-bond donors (Lipinski definition) is 1. The lowest BCUT2D eigenvalue weighted by atomic mass is 9.96. The van der Waals surface area contributed by atoms with Crippen molar-refractivity contribution in [3.63, 3.8) is 0 Å². The zero-order chi connectivity index (χ0) is 14.8. The van der Waals surface area contributed by atoms with Gasteiger partial charge in [-0.25, -0.2) is 0 Å². The van der Waals surface area contributed by atoms with Crippen LogP contribution in [0.25, 0.3) is 0 Å². The van der Waals surface area contributed by atoms with Crippen LogP contribution in [0.1, 0.15) is 43.4 Å². The van der Waals surface area contributed by atoms with E-state index in [0.717, 1.165) is 37.2 Å². The highest BCUT2D eigenvalue weighted by molar-refractivity contribution is 6.00. The third kappa shape index (κ3) is 2.97. The molecule has 0 bridgehead atoms. The first-order valence-corrected chi connectivity index (χ1v) is 7.93. The molecule has 2 aliphatic rings. The summed E-state index contributed by atoms with van der Waals surface area (Å²) < 4.78 is 5.78. The van der Waals surface area contributed by atoms with Gasteiger partial charge in [0.2, 0.25) is 5.91 Å². The lowest BCUT2D eigenvalue weighted by molar-refractivity contribution is -0.117. The van der Waals surface area contributed by atoms with Crippen molar-refractivity contribution in [3.05, 3.63) is 29.3 Å². The summed E-state index contributed by atoms with van der Waals surface area (Å²) in [4.78, 5) is 13.6. The van der Waals surface area contributed by atoms with Crippen molar-refractivity contribution in [1.82, 2.24) is 5.32 Å². The highest BCUT2D eigenvalue weighted by Crippen LogP contribution is 2.32. The summed E-state index contributed by atoms with van der Waals surface area (Å²) in [6.07, 6.45) is 4.24. The minimum atomic E-state index is 0.182. The SMILES string of the molecule is CCNC(CC1CCCO1)c1ccc2c(c1)CC(=O)N2C. The molecular formula is C17H24N2O2. The van der Waals surface area contributed by atoms with Crippen LogP contribution in [0.4, 0.5) is 5.69 Å². The van der Waals surface area contributed by atoms with E-state index in [-0.39, 0.29) is 5.91 Å². The zero-order valence-electron chi connectivity index (χ0n) is 12.9. The van der Waals surface area contributed by atoms with E-state index in [1.165, 1.54) is 12.0 Å². The van der Waals surface area contributed by atoms with Crippen LogP contribution in [0, 0.1) is 0 Å². The summed E-state index contributed by atoms with van der Waals surface area (Å²) >= 11 is 0. The van der Waals surface area contributed by atoms with Crippen LogP contribution in [0.5, 0.6) is 0 Å². The first kappa shape index (κ1) is 14.5. The molecule has 3 rings (SSSR count). The van der Waals surface area contributed by atoms with E-state index in [1.807, 2.05) is 7.05 Å². The fourth-order valence-corrected chi connectivity index (χ4v) is 3.38. The van der Waals surface area contributed by atoms with Crippen LogP contribution in [0.2, 0.25) is 0 Å². The van der Waals surface area contributed by atoms with Crippen molar-refractivity contribution in [1.29, 1.82) is 0 Å². The molecular weight excluding hydrogens is 264 g/mol. The number of likely N-dealkylation sites (N-methyl/N-ethyl adjacent to an activating group) is 1. The molecule has 114 valence electrons. The molecule has 2 unspecified atom stereocenters. The van der Waals surface area contributed by atoms with Gasteiger partial charge >= 0.3 is 0 Å². The van der Waals surface area contributed by atoms with E-state index in [0.29, 0.717) is 18.6 Å². The Kier molecular flexibility index (Phi) is 4.27. The van der Waals surface area contributed by atoms with E-state index < -0.39 is 0 Å². The Hall–Kier alpha value is -1.39. The maximum absolute atomic E-state index is 11.8. The molecule has 0 aliphatic carbocycles. The van der Waals surface area contributed by atoms with Crippen LogP contribution >= 0.6 is 0 Å². The highest BCUT2D eigenvalue weighted by atomic mass is 16.5. The van der Waals surface area contributed by atoms with Crippen molar-refractivity contribution >= 4 is 11.6 Å². The van der Waals surface area contributed by atoms with Gasteiger partial charge in [0.15, 0.2) is 0 Å². The van der Waals surface area contributed by atoms with Crippen molar-refractivity contribution in [2.24, 2.45) is 0 Å². The van der Waals surface area contributed by atoms with Gasteiger partial charge in [0.05, 0.1) is 12.5 Å². The smallest absolute Gasteiger partial charge is 0.231 e. The quantitative estimate of drug-likeness (QED) is 0.905. The largest absolute Gasteiger partial charge is 0.378 e. The number of nitrogens with zero attached hydrogens (tertiary/aromatic N) is 1.